The topological polar surface area (TPSA) is 89.0 Å². The first-order valence-electron chi connectivity index (χ1n) is 8.74. The van der Waals surface area contributed by atoms with E-state index in [4.69, 9.17) is 4.74 Å². The molecule has 28 heavy (non-hydrogen) atoms. The zero-order valence-electron chi connectivity index (χ0n) is 15.4. The lowest BCUT2D eigenvalue weighted by Gasteiger charge is -2.28. The molecule has 0 aromatic carbocycles. The van der Waals surface area contributed by atoms with Gasteiger partial charge in [0.15, 0.2) is 5.75 Å². The van der Waals surface area contributed by atoms with Gasteiger partial charge in [0.2, 0.25) is 11.9 Å². The van der Waals surface area contributed by atoms with Crippen LogP contribution in [0.25, 0.3) is 0 Å². The summed E-state index contributed by atoms with van der Waals surface area (Å²) in [4.78, 5) is 24.5. The average molecular weight is 395 g/mol. The number of nitrogens with one attached hydrogen (secondary N) is 2. The highest BCUT2D eigenvalue weighted by Crippen LogP contribution is 2.44. The highest BCUT2D eigenvalue weighted by atomic mass is 19.4. The molecule has 1 aliphatic rings. The molecular weight excluding hydrogens is 375 g/mol. The van der Waals surface area contributed by atoms with Crippen molar-refractivity contribution < 1.29 is 22.7 Å². The molecule has 0 bridgehead atoms. The van der Waals surface area contributed by atoms with Crippen LogP contribution >= 0.6 is 0 Å². The van der Waals surface area contributed by atoms with Gasteiger partial charge in [-0.25, -0.2) is 9.97 Å². The summed E-state index contributed by atoms with van der Waals surface area (Å²) < 4.78 is 44.0. The second-order valence-electron chi connectivity index (χ2n) is 6.53. The first kappa shape index (κ1) is 19.8. The van der Waals surface area contributed by atoms with Crippen molar-refractivity contribution in [3.05, 3.63) is 35.9 Å². The molecule has 0 spiro atoms. The number of carbonyl (C=O) groups excluding carboxylic acids is 1. The predicted molar refractivity (Wildman–Crippen MR) is 95.3 cm³/mol. The van der Waals surface area contributed by atoms with Crippen LogP contribution in [0.5, 0.6) is 5.75 Å². The van der Waals surface area contributed by atoms with Crippen LogP contribution in [0.2, 0.25) is 0 Å². The first-order chi connectivity index (χ1) is 13.3. The summed E-state index contributed by atoms with van der Waals surface area (Å²) >= 11 is 0. The highest BCUT2D eigenvalue weighted by Gasteiger charge is 2.46. The van der Waals surface area contributed by atoms with Gasteiger partial charge < -0.3 is 15.4 Å². The molecule has 0 unspecified atom stereocenters. The molecule has 2 heterocycles. The Balaban J connectivity index is 1.99. The van der Waals surface area contributed by atoms with Crippen molar-refractivity contribution in [3.63, 3.8) is 0 Å². The van der Waals surface area contributed by atoms with Gasteiger partial charge in [-0.1, -0.05) is 12.8 Å². The number of alkyl halides is 3. The van der Waals surface area contributed by atoms with Gasteiger partial charge in [-0.15, -0.1) is 0 Å². The quantitative estimate of drug-likeness (QED) is 0.808. The zero-order valence-corrected chi connectivity index (χ0v) is 15.4. The Kier molecular flexibility index (Phi) is 5.39. The SMILES string of the molecule is CNC(=O)C1(c2nc(Nc3ccnc(C(F)(F)F)c3)ncc2OC)CCCC1. The second-order valence-corrected chi connectivity index (χ2v) is 6.53. The fraction of sp³-hybridized carbons (Fsp3) is 0.444. The number of hydrogen-bond acceptors (Lipinski definition) is 6. The van der Waals surface area contributed by atoms with E-state index in [0.29, 0.717) is 24.3 Å². The first-order valence-corrected chi connectivity index (χ1v) is 8.74. The number of aromatic nitrogens is 3. The van der Waals surface area contributed by atoms with Gasteiger partial charge in [-0.3, -0.25) is 9.78 Å². The maximum atomic E-state index is 12.9. The Hall–Kier alpha value is -2.91. The van der Waals surface area contributed by atoms with E-state index in [0.717, 1.165) is 25.1 Å². The van der Waals surface area contributed by atoms with Crippen LogP contribution < -0.4 is 15.4 Å². The standard InChI is InChI=1S/C18H20F3N5O2/c1-22-15(27)17(6-3-4-7-17)14-12(28-2)10-24-16(26-14)25-11-5-8-23-13(9-11)18(19,20)21/h5,8-10H,3-4,6-7H2,1-2H3,(H,22,27)(H,23,24,25,26). The summed E-state index contributed by atoms with van der Waals surface area (Å²) in [5.41, 5.74) is -1.31. The van der Waals surface area contributed by atoms with Crippen LogP contribution in [0.4, 0.5) is 24.8 Å². The molecule has 1 fully saturated rings. The van der Waals surface area contributed by atoms with Crippen LogP contribution in [0, 0.1) is 0 Å². The third-order valence-corrected chi connectivity index (χ3v) is 4.85. The summed E-state index contributed by atoms with van der Waals surface area (Å²) in [6, 6.07) is 2.25. The van der Waals surface area contributed by atoms with Crippen molar-refractivity contribution in [3.8, 4) is 5.75 Å². The number of carbonyl (C=O) groups is 1. The van der Waals surface area contributed by atoms with E-state index in [1.54, 1.807) is 7.05 Å². The Morgan fingerprint density at radius 2 is 1.96 bits per heavy atom. The predicted octanol–water partition coefficient (Wildman–Crippen LogP) is 3.20. The number of likely N-dealkylation sites (N-methyl/N-ethyl adjacent to an activating group) is 1. The fourth-order valence-corrected chi connectivity index (χ4v) is 3.50. The number of pyridine rings is 1. The molecule has 0 saturated heterocycles. The van der Waals surface area contributed by atoms with E-state index in [-0.39, 0.29) is 17.5 Å². The summed E-state index contributed by atoms with van der Waals surface area (Å²) in [7, 11) is 3.02. The van der Waals surface area contributed by atoms with Crippen LogP contribution in [-0.4, -0.2) is 35.0 Å². The van der Waals surface area contributed by atoms with Crippen LogP contribution in [0.3, 0.4) is 0 Å². The minimum Gasteiger partial charge on any atom is -0.493 e. The molecule has 0 atom stereocenters. The van der Waals surface area contributed by atoms with Gasteiger partial charge in [-0.2, -0.15) is 13.2 Å². The molecule has 1 aliphatic carbocycles. The minimum absolute atomic E-state index is 0.0744. The fourth-order valence-electron chi connectivity index (χ4n) is 3.50. The molecule has 3 rings (SSSR count). The van der Waals surface area contributed by atoms with Crippen molar-refractivity contribution in [2.24, 2.45) is 0 Å². The molecule has 10 heteroatoms. The lowest BCUT2D eigenvalue weighted by molar-refractivity contribution is -0.141. The van der Waals surface area contributed by atoms with Crippen molar-refractivity contribution in [2.45, 2.75) is 37.3 Å². The summed E-state index contributed by atoms with van der Waals surface area (Å²) in [5.74, 6) is 0.267. The van der Waals surface area contributed by atoms with Crippen LogP contribution in [-0.2, 0) is 16.4 Å². The Labute approximate surface area is 159 Å². The zero-order chi connectivity index (χ0) is 20.4. The normalized spacial score (nSPS) is 15.9. The number of halogens is 3. The maximum absolute atomic E-state index is 12.9. The van der Waals surface area contributed by atoms with Crippen molar-refractivity contribution >= 4 is 17.5 Å². The Morgan fingerprint density at radius 1 is 1.25 bits per heavy atom. The van der Waals surface area contributed by atoms with Gasteiger partial charge >= 0.3 is 6.18 Å². The van der Waals surface area contributed by atoms with E-state index >= 15 is 0 Å². The lowest BCUT2D eigenvalue weighted by Crippen LogP contribution is -2.42. The van der Waals surface area contributed by atoms with E-state index in [1.807, 2.05) is 0 Å². The number of hydrogen-bond donors (Lipinski definition) is 2. The van der Waals surface area contributed by atoms with E-state index in [9.17, 15) is 18.0 Å². The number of anilines is 2. The number of amides is 1. The van der Waals surface area contributed by atoms with E-state index in [2.05, 4.69) is 25.6 Å². The molecular formula is C18H20F3N5O2. The summed E-state index contributed by atoms with van der Waals surface area (Å²) in [6.45, 7) is 0. The minimum atomic E-state index is -4.56. The maximum Gasteiger partial charge on any atom is 0.433 e. The number of rotatable bonds is 5. The molecule has 150 valence electrons. The number of nitrogens with zero attached hydrogens (tertiary/aromatic N) is 3. The van der Waals surface area contributed by atoms with Crippen molar-refractivity contribution in [1.82, 2.24) is 20.3 Å². The molecule has 2 N–H and O–H groups in total. The van der Waals surface area contributed by atoms with Crippen LogP contribution in [0.1, 0.15) is 37.1 Å². The van der Waals surface area contributed by atoms with Crippen molar-refractivity contribution in [2.75, 3.05) is 19.5 Å². The van der Waals surface area contributed by atoms with Crippen LogP contribution in [0.15, 0.2) is 24.5 Å². The molecule has 1 amide bonds. The monoisotopic (exact) mass is 395 g/mol. The largest absolute Gasteiger partial charge is 0.493 e. The molecule has 2 aromatic rings. The smallest absolute Gasteiger partial charge is 0.433 e. The van der Waals surface area contributed by atoms with Gasteiger partial charge in [0.25, 0.3) is 0 Å². The molecule has 1 saturated carbocycles. The Bertz CT molecular complexity index is 867. The van der Waals surface area contributed by atoms with Crippen molar-refractivity contribution in [1.29, 1.82) is 0 Å². The van der Waals surface area contributed by atoms with Gasteiger partial charge in [0.1, 0.15) is 11.4 Å². The molecule has 0 radical (unpaired) electrons. The highest BCUT2D eigenvalue weighted by molar-refractivity contribution is 5.88. The Morgan fingerprint density at radius 3 is 2.57 bits per heavy atom. The van der Waals surface area contributed by atoms with Gasteiger partial charge in [0, 0.05) is 18.9 Å². The second kappa shape index (κ2) is 7.61. The summed E-state index contributed by atoms with van der Waals surface area (Å²) in [5, 5.41) is 5.44. The van der Waals surface area contributed by atoms with Gasteiger partial charge in [0.05, 0.1) is 18.7 Å². The van der Waals surface area contributed by atoms with E-state index in [1.165, 1.54) is 19.4 Å². The number of methoxy groups -OCH3 is 1. The van der Waals surface area contributed by atoms with E-state index < -0.39 is 17.3 Å². The van der Waals surface area contributed by atoms with Gasteiger partial charge in [-0.05, 0) is 25.0 Å². The molecule has 0 aliphatic heterocycles. The average Bonchev–Trinajstić information content (AvgIpc) is 3.18. The summed E-state index contributed by atoms with van der Waals surface area (Å²) in [6.07, 6.45) is 0.847. The molecule has 7 nitrogen and oxygen atoms in total. The third kappa shape index (κ3) is 3.71. The lowest BCUT2D eigenvalue weighted by atomic mass is 9.81. The molecule has 2 aromatic heterocycles. The third-order valence-electron chi connectivity index (χ3n) is 4.85. The number of ether oxygens (including phenoxy) is 1.